The molecule has 0 radical (unpaired) electrons. The molecule has 1 aromatic carbocycles. The first-order valence-electron chi connectivity index (χ1n) is 8.52. The molecule has 9 heteroatoms. The molecular weight excluding hydrogens is 357 g/mol. The van der Waals surface area contributed by atoms with E-state index < -0.39 is 17.8 Å². The molecule has 0 spiro atoms. The van der Waals surface area contributed by atoms with Gasteiger partial charge in [-0.3, -0.25) is 15.2 Å². The molecule has 0 unspecified atom stereocenters. The number of rotatable bonds is 5. The van der Waals surface area contributed by atoms with E-state index in [1.165, 1.54) is 12.5 Å². The predicted octanol–water partition coefficient (Wildman–Crippen LogP) is 2.86. The lowest BCUT2D eigenvalue weighted by atomic mass is 9.96. The zero-order chi connectivity index (χ0) is 18.4. The maximum absolute atomic E-state index is 13.7. The minimum atomic E-state index is -0.468. The molecule has 1 aliphatic carbocycles. The molecular formula is C17H20FN5O2S. The van der Waals surface area contributed by atoms with Gasteiger partial charge in [-0.2, -0.15) is 0 Å². The van der Waals surface area contributed by atoms with Crippen LogP contribution in [0.3, 0.4) is 0 Å². The molecule has 3 amide bonds. The molecule has 0 aliphatic heterocycles. The van der Waals surface area contributed by atoms with E-state index in [2.05, 4.69) is 25.8 Å². The normalized spacial score (nSPS) is 14.8. The van der Waals surface area contributed by atoms with Crippen LogP contribution in [0.1, 0.15) is 32.1 Å². The number of halogens is 1. The van der Waals surface area contributed by atoms with E-state index in [-0.39, 0.29) is 11.8 Å². The number of H-pyrrole nitrogens is 1. The van der Waals surface area contributed by atoms with Crippen LogP contribution in [-0.2, 0) is 4.79 Å². The van der Waals surface area contributed by atoms with Gasteiger partial charge in [-0.15, -0.1) is 5.10 Å². The number of carbonyl (C=O) groups is 2. The Morgan fingerprint density at radius 2 is 2.00 bits per heavy atom. The fourth-order valence-corrected chi connectivity index (χ4v) is 3.44. The Hall–Kier alpha value is -2.42. The first-order chi connectivity index (χ1) is 12.6. The number of benzene rings is 1. The summed E-state index contributed by atoms with van der Waals surface area (Å²) in [4.78, 5) is 27.9. The number of hydrogen-bond donors (Lipinski definition) is 3. The van der Waals surface area contributed by atoms with Gasteiger partial charge in [0.2, 0.25) is 11.1 Å². The van der Waals surface area contributed by atoms with Gasteiger partial charge in [0.05, 0.1) is 11.3 Å². The number of nitrogens with one attached hydrogen (secondary N) is 3. The van der Waals surface area contributed by atoms with Crippen LogP contribution >= 0.6 is 11.8 Å². The van der Waals surface area contributed by atoms with E-state index in [9.17, 15) is 14.0 Å². The van der Waals surface area contributed by atoms with Crippen LogP contribution in [0.5, 0.6) is 0 Å². The largest absolute Gasteiger partial charge is 0.335 e. The summed E-state index contributed by atoms with van der Waals surface area (Å²) in [5, 5.41) is 12.0. The van der Waals surface area contributed by atoms with Crippen molar-refractivity contribution in [3.05, 3.63) is 30.1 Å². The standard InChI is InChI=1S/C17H20FN5O2S/c18-13-9-5-4-8-12(13)15-21-17(23-22-15)26-10-14(24)20-16(25)19-11-6-2-1-3-7-11/h4-5,8-9,11H,1-3,6-7,10H2,(H,21,22,23)(H2,19,20,24,25). The predicted molar refractivity (Wildman–Crippen MR) is 96.0 cm³/mol. The molecule has 0 saturated heterocycles. The molecule has 7 nitrogen and oxygen atoms in total. The van der Waals surface area contributed by atoms with E-state index >= 15 is 0 Å². The third kappa shape index (κ3) is 5.04. The Morgan fingerprint density at radius 3 is 2.77 bits per heavy atom. The van der Waals surface area contributed by atoms with Crippen molar-refractivity contribution < 1.29 is 14.0 Å². The number of thioether (sulfide) groups is 1. The molecule has 1 fully saturated rings. The Morgan fingerprint density at radius 1 is 1.23 bits per heavy atom. The van der Waals surface area contributed by atoms with Crippen LogP contribution in [0.25, 0.3) is 11.4 Å². The van der Waals surface area contributed by atoms with Crippen LogP contribution < -0.4 is 10.6 Å². The molecule has 26 heavy (non-hydrogen) atoms. The summed E-state index contributed by atoms with van der Waals surface area (Å²) >= 11 is 1.07. The Labute approximate surface area is 154 Å². The average molecular weight is 377 g/mol. The summed E-state index contributed by atoms with van der Waals surface area (Å²) in [5.74, 6) is -0.550. The Balaban J connectivity index is 1.46. The molecule has 1 aromatic heterocycles. The topological polar surface area (TPSA) is 99.8 Å². The van der Waals surface area contributed by atoms with E-state index in [0.29, 0.717) is 16.5 Å². The van der Waals surface area contributed by atoms with Gasteiger partial charge in [-0.1, -0.05) is 43.2 Å². The monoisotopic (exact) mass is 377 g/mol. The molecule has 138 valence electrons. The number of carbonyl (C=O) groups excluding carboxylic acids is 2. The van der Waals surface area contributed by atoms with Gasteiger partial charge in [-0.05, 0) is 25.0 Å². The van der Waals surface area contributed by atoms with E-state index in [4.69, 9.17) is 0 Å². The average Bonchev–Trinajstić information content (AvgIpc) is 3.10. The molecule has 1 heterocycles. The zero-order valence-electron chi connectivity index (χ0n) is 14.1. The molecule has 3 N–H and O–H groups in total. The molecule has 0 bridgehead atoms. The highest BCUT2D eigenvalue weighted by Crippen LogP contribution is 2.21. The van der Waals surface area contributed by atoms with Crippen molar-refractivity contribution in [1.82, 2.24) is 25.8 Å². The van der Waals surface area contributed by atoms with Crippen LogP contribution in [0.4, 0.5) is 9.18 Å². The lowest BCUT2D eigenvalue weighted by Crippen LogP contribution is -2.45. The third-order valence-electron chi connectivity index (χ3n) is 4.12. The third-order valence-corrected chi connectivity index (χ3v) is 4.97. The molecule has 2 aromatic rings. The van der Waals surface area contributed by atoms with Crippen molar-refractivity contribution in [2.75, 3.05) is 5.75 Å². The maximum Gasteiger partial charge on any atom is 0.321 e. The minimum absolute atomic E-state index is 0.00729. The molecule has 1 aliphatic rings. The van der Waals surface area contributed by atoms with Crippen molar-refractivity contribution in [2.24, 2.45) is 0 Å². The second-order valence-corrected chi connectivity index (χ2v) is 7.03. The summed E-state index contributed by atoms with van der Waals surface area (Å²) in [6.45, 7) is 0. The fourth-order valence-electron chi connectivity index (χ4n) is 2.85. The summed E-state index contributed by atoms with van der Waals surface area (Å²) in [7, 11) is 0. The number of aromatic amines is 1. The van der Waals surface area contributed by atoms with Crippen molar-refractivity contribution in [3.63, 3.8) is 0 Å². The number of hydrogen-bond acceptors (Lipinski definition) is 5. The summed E-state index contributed by atoms with van der Waals surface area (Å²) in [6.07, 6.45) is 5.30. The quantitative estimate of drug-likeness (QED) is 0.696. The lowest BCUT2D eigenvalue weighted by Gasteiger charge is -2.22. The van der Waals surface area contributed by atoms with Gasteiger partial charge < -0.3 is 5.32 Å². The summed E-state index contributed by atoms with van der Waals surface area (Å²) in [5.41, 5.74) is 0.308. The van der Waals surface area contributed by atoms with Gasteiger partial charge in [0.25, 0.3) is 0 Å². The number of urea groups is 1. The summed E-state index contributed by atoms with van der Waals surface area (Å²) < 4.78 is 13.7. The second kappa shape index (κ2) is 8.79. The highest BCUT2D eigenvalue weighted by molar-refractivity contribution is 7.99. The second-order valence-electron chi connectivity index (χ2n) is 6.09. The Kier molecular flexibility index (Phi) is 6.21. The van der Waals surface area contributed by atoms with Crippen molar-refractivity contribution in [1.29, 1.82) is 0 Å². The zero-order valence-corrected chi connectivity index (χ0v) is 14.9. The first kappa shape index (κ1) is 18.4. The van der Waals surface area contributed by atoms with Crippen molar-refractivity contribution in [2.45, 2.75) is 43.3 Å². The smallest absolute Gasteiger partial charge is 0.321 e. The lowest BCUT2D eigenvalue weighted by molar-refractivity contribution is -0.117. The SMILES string of the molecule is O=C(CSc1n[nH]c(-c2ccccc2F)n1)NC(=O)NC1CCCCC1. The number of amides is 3. The maximum atomic E-state index is 13.7. The number of nitrogens with zero attached hydrogens (tertiary/aromatic N) is 2. The number of imide groups is 1. The fraction of sp³-hybridized carbons (Fsp3) is 0.412. The van der Waals surface area contributed by atoms with Crippen LogP contribution in [0, 0.1) is 5.82 Å². The van der Waals surface area contributed by atoms with Gasteiger partial charge >= 0.3 is 6.03 Å². The first-order valence-corrected chi connectivity index (χ1v) is 9.51. The highest BCUT2D eigenvalue weighted by Gasteiger charge is 2.17. The van der Waals surface area contributed by atoms with Crippen LogP contribution in [-0.4, -0.2) is 38.9 Å². The van der Waals surface area contributed by atoms with E-state index in [0.717, 1.165) is 37.4 Å². The molecule has 3 rings (SSSR count). The number of aromatic nitrogens is 3. The molecule has 0 atom stereocenters. The Bertz CT molecular complexity index is 776. The van der Waals surface area contributed by atoms with Gasteiger partial charge in [0.1, 0.15) is 5.82 Å². The van der Waals surface area contributed by atoms with Crippen LogP contribution in [0.2, 0.25) is 0 Å². The highest BCUT2D eigenvalue weighted by atomic mass is 32.2. The van der Waals surface area contributed by atoms with Gasteiger partial charge in [0.15, 0.2) is 5.82 Å². The van der Waals surface area contributed by atoms with Gasteiger partial charge in [0, 0.05) is 6.04 Å². The van der Waals surface area contributed by atoms with E-state index in [1.54, 1.807) is 18.2 Å². The van der Waals surface area contributed by atoms with Crippen LogP contribution in [0.15, 0.2) is 29.4 Å². The molecule has 1 saturated carbocycles. The minimum Gasteiger partial charge on any atom is -0.335 e. The summed E-state index contributed by atoms with van der Waals surface area (Å²) in [6, 6.07) is 5.89. The van der Waals surface area contributed by atoms with Gasteiger partial charge in [-0.25, -0.2) is 14.2 Å². The van der Waals surface area contributed by atoms with E-state index in [1.807, 2.05) is 0 Å². The van der Waals surface area contributed by atoms with Crippen molar-refractivity contribution >= 4 is 23.7 Å². The van der Waals surface area contributed by atoms with Crippen molar-refractivity contribution in [3.8, 4) is 11.4 Å².